The average Bonchev–Trinajstić information content (AvgIpc) is 3.12. The molecular formula is C28H39ClN2O3. The van der Waals surface area contributed by atoms with Crippen molar-refractivity contribution in [2.75, 3.05) is 13.1 Å². The van der Waals surface area contributed by atoms with Crippen molar-refractivity contribution in [3.05, 3.63) is 39.9 Å². The van der Waals surface area contributed by atoms with E-state index in [4.69, 9.17) is 16.3 Å². The number of nitrogens with one attached hydrogen (secondary N) is 1. The van der Waals surface area contributed by atoms with Crippen molar-refractivity contribution < 1.29 is 14.3 Å². The maximum absolute atomic E-state index is 13.7. The van der Waals surface area contributed by atoms with Gasteiger partial charge in [-0.05, 0) is 106 Å². The first-order chi connectivity index (χ1) is 16.0. The van der Waals surface area contributed by atoms with Crippen LogP contribution < -0.4 is 5.32 Å². The van der Waals surface area contributed by atoms with Gasteiger partial charge in [0.15, 0.2) is 0 Å². The molecule has 4 rings (SSSR count). The molecule has 5 nitrogen and oxygen atoms in total. The number of hydrogen-bond acceptors (Lipinski definition) is 3. The molecule has 1 saturated carbocycles. The number of carbonyl (C=O) groups excluding carboxylic acids is 2. The Balaban J connectivity index is 1.36. The molecule has 0 saturated heterocycles. The maximum Gasteiger partial charge on any atom is 0.407 e. The predicted octanol–water partition coefficient (Wildman–Crippen LogP) is 6.24. The minimum Gasteiger partial charge on any atom is -0.444 e. The number of hydrogen-bond donors (Lipinski definition) is 1. The molecule has 1 aromatic rings. The average molecular weight is 487 g/mol. The van der Waals surface area contributed by atoms with Crippen LogP contribution in [0.5, 0.6) is 0 Å². The normalized spacial score (nSPS) is 24.7. The summed E-state index contributed by atoms with van der Waals surface area (Å²) in [5.74, 6) is 1.17. The Bertz CT molecular complexity index is 970. The van der Waals surface area contributed by atoms with Crippen molar-refractivity contribution in [3.8, 4) is 0 Å². The summed E-state index contributed by atoms with van der Waals surface area (Å²) in [4.78, 5) is 27.9. The third-order valence-corrected chi connectivity index (χ3v) is 7.74. The van der Waals surface area contributed by atoms with Gasteiger partial charge in [0.25, 0.3) is 0 Å². The molecule has 1 unspecified atom stereocenters. The maximum atomic E-state index is 13.7. The van der Waals surface area contributed by atoms with E-state index >= 15 is 0 Å². The summed E-state index contributed by atoms with van der Waals surface area (Å²) in [5.41, 5.74) is 5.00. The van der Waals surface area contributed by atoms with Crippen molar-refractivity contribution in [1.29, 1.82) is 0 Å². The number of rotatable bonds is 4. The lowest BCUT2D eigenvalue weighted by Gasteiger charge is -2.42. The van der Waals surface area contributed by atoms with Crippen molar-refractivity contribution in [2.45, 2.75) is 84.8 Å². The molecule has 1 aliphatic heterocycles. The van der Waals surface area contributed by atoms with Crippen LogP contribution in [0.2, 0.25) is 5.02 Å². The zero-order chi connectivity index (χ0) is 24.6. The second-order valence-electron chi connectivity index (χ2n) is 11.6. The summed E-state index contributed by atoms with van der Waals surface area (Å²) in [6, 6.07) is 6.38. The van der Waals surface area contributed by atoms with Gasteiger partial charge in [-0.15, -0.1) is 0 Å². The van der Waals surface area contributed by atoms with Gasteiger partial charge in [0, 0.05) is 24.0 Å². The first-order valence-electron chi connectivity index (χ1n) is 12.8. The van der Waals surface area contributed by atoms with E-state index < -0.39 is 5.60 Å². The fourth-order valence-corrected chi connectivity index (χ4v) is 6.22. The Hall–Kier alpha value is -2.01. The van der Waals surface area contributed by atoms with Crippen LogP contribution in [-0.4, -0.2) is 41.6 Å². The van der Waals surface area contributed by atoms with E-state index in [1.807, 2.05) is 26.8 Å². The molecule has 1 atom stereocenters. The van der Waals surface area contributed by atoms with E-state index in [2.05, 4.69) is 36.2 Å². The van der Waals surface area contributed by atoms with Crippen LogP contribution in [0.25, 0.3) is 5.57 Å². The lowest BCUT2D eigenvalue weighted by molar-refractivity contribution is -0.139. The summed E-state index contributed by atoms with van der Waals surface area (Å²) in [7, 11) is 0. The monoisotopic (exact) mass is 486 g/mol. The first-order valence-corrected chi connectivity index (χ1v) is 13.2. The summed E-state index contributed by atoms with van der Waals surface area (Å²) in [5, 5.41) is 3.69. The smallest absolute Gasteiger partial charge is 0.407 e. The van der Waals surface area contributed by atoms with Gasteiger partial charge in [-0.3, -0.25) is 4.79 Å². The Morgan fingerprint density at radius 3 is 2.53 bits per heavy atom. The number of amides is 2. The van der Waals surface area contributed by atoms with E-state index in [-0.39, 0.29) is 18.1 Å². The minimum absolute atomic E-state index is 0.0828. The molecule has 1 N–H and O–H groups in total. The fraction of sp³-hybridized carbons (Fsp3) is 0.643. The molecule has 2 aliphatic carbocycles. The first kappa shape index (κ1) is 25.1. The van der Waals surface area contributed by atoms with Gasteiger partial charge in [-0.1, -0.05) is 31.5 Å². The van der Waals surface area contributed by atoms with E-state index in [1.165, 1.54) is 22.3 Å². The molecule has 186 valence electrons. The molecule has 1 heterocycles. The Morgan fingerprint density at radius 1 is 1.18 bits per heavy atom. The van der Waals surface area contributed by atoms with Gasteiger partial charge in [-0.25, -0.2) is 4.79 Å². The summed E-state index contributed by atoms with van der Waals surface area (Å²) in [6.07, 6.45) is 5.18. The molecule has 0 bridgehead atoms. The summed E-state index contributed by atoms with van der Waals surface area (Å²) < 4.78 is 5.34. The van der Waals surface area contributed by atoms with Crippen molar-refractivity contribution in [2.24, 2.45) is 17.8 Å². The third kappa shape index (κ3) is 5.45. The van der Waals surface area contributed by atoms with Crippen LogP contribution in [0.3, 0.4) is 0 Å². The zero-order valence-electron chi connectivity index (χ0n) is 21.2. The van der Waals surface area contributed by atoms with Crippen molar-refractivity contribution in [3.63, 3.8) is 0 Å². The summed E-state index contributed by atoms with van der Waals surface area (Å²) in [6.45, 7) is 11.5. The lowest BCUT2D eigenvalue weighted by atomic mass is 9.79. The quantitative estimate of drug-likeness (QED) is 0.548. The molecule has 34 heavy (non-hydrogen) atoms. The minimum atomic E-state index is -0.488. The van der Waals surface area contributed by atoms with Gasteiger partial charge < -0.3 is 15.0 Å². The molecule has 6 heteroatoms. The number of fused-ring (bicyclic) bond motifs is 2. The molecule has 3 aliphatic rings. The number of nitrogens with zero attached hydrogens (tertiary/aromatic N) is 1. The number of ether oxygens (including phenoxy) is 1. The lowest BCUT2D eigenvalue weighted by Crippen LogP contribution is -2.50. The van der Waals surface area contributed by atoms with Crippen LogP contribution in [0, 0.1) is 17.8 Å². The highest BCUT2D eigenvalue weighted by molar-refractivity contribution is 6.30. The number of benzene rings is 1. The van der Waals surface area contributed by atoms with Crippen molar-refractivity contribution >= 4 is 29.2 Å². The van der Waals surface area contributed by atoms with E-state index in [9.17, 15) is 9.59 Å². The molecule has 2 amide bonds. The Morgan fingerprint density at radius 2 is 1.88 bits per heavy atom. The van der Waals surface area contributed by atoms with Gasteiger partial charge in [0.05, 0.1) is 6.04 Å². The number of halogens is 1. The predicted molar refractivity (Wildman–Crippen MR) is 137 cm³/mol. The van der Waals surface area contributed by atoms with Crippen LogP contribution in [0.1, 0.15) is 77.8 Å². The molecule has 0 spiro atoms. The highest BCUT2D eigenvalue weighted by Gasteiger charge is 2.40. The molecule has 0 aromatic heterocycles. The van der Waals surface area contributed by atoms with Crippen molar-refractivity contribution in [1.82, 2.24) is 10.2 Å². The zero-order valence-corrected chi connectivity index (χ0v) is 22.0. The second-order valence-corrected chi connectivity index (χ2v) is 12.0. The highest BCUT2D eigenvalue weighted by Crippen LogP contribution is 2.44. The van der Waals surface area contributed by atoms with Gasteiger partial charge in [0.2, 0.25) is 5.91 Å². The second kappa shape index (κ2) is 9.93. The van der Waals surface area contributed by atoms with E-state index in [0.29, 0.717) is 24.3 Å². The van der Waals surface area contributed by atoms with Gasteiger partial charge >= 0.3 is 6.09 Å². The molecule has 1 aromatic carbocycles. The van der Waals surface area contributed by atoms with E-state index in [0.717, 1.165) is 50.1 Å². The van der Waals surface area contributed by atoms with Gasteiger partial charge in [-0.2, -0.15) is 0 Å². The van der Waals surface area contributed by atoms with Crippen LogP contribution in [0.4, 0.5) is 4.79 Å². The molecule has 1 fully saturated rings. The Kier molecular flexibility index (Phi) is 7.33. The number of alkyl carbamates (subject to hydrolysis) is 1. The van der Waals surface area contributed by atoms with Crippen LogP contribution in [0.15, 0.2) is 23.8 Å². The van der Waals surface area contributed by atoms with E-state index in [1.54, 1.807) is 0 Å². The summed E-state index contributed by atoms with van der Waals surface area (Å²) >= 11 is 6.27. The standard InChI is InChI=1S/C28H39ClN2O3/c1-17(2)25-24-15-20-14-21(29)10-11-22(20)23(24)12-13-31(25)26(32)19-8-6-18(7-9-19)16-30-27(33)34-28(3,4)5/h10-11,14,17-19,25H,6-9,12-13,15-16H2,1-5H3,(H,30,33). The molecular weight excluding hydrogens is 448 g/mol. The largest absolute Gasteiger partial charge is 0.444 e. The fourth-order valence-electron chi connectivity index (χ4n) is 6.02. The molecule has 0 radical (unpaired) electrons. The van der Waals surface area contributed by atoms with Crippen LogP contribution >= 0.6 is 11.6 Å². The Labute approximate surface area is 209 Å². The van der Waals surface area contributed by atoms with Gasteiger partial charge in [0.1, 0.15) is 5.60 Å². The number of carbonyl (C=O) groups is 2. The third-order valence-electron chi connectivity index (χ3n) is 7.50. The SMILES string of the molecule is CC(C)C1C2=C(CCN1C(=O)C1CCC(CNC(=O)OC(C)(C)C)CC1)c1ccc(Cl)cc1C2. The topological polar surface area (TPSA) is 58.6 Å². The van der Waals surface area contributed by atoms with Crippen LogP contribution in [-0.2, 0) is 16.0 Å². The highest BCUT2D eigenvalue weighted by atomic mass is 35.5.